The van der Waals surface area contributed by atoms with Crippen LogP contribution in [0.5, 0.6) is 0 Å². The first kappa shape index (κ1) is 12.0. The van der Waals surface area contributed by atoms with Gasteiger partial charge in [-0.25, -0.2) is 4.68 Å². The Kier molecular flexibility index (Phi) is 3.40. The molecule has 94 valence electrons. The molecule has 1 aliphatic carbocycles. The summed E-state index contributed by atoms with van der Waals surface area (Å²) in [6.45, 7) is 4.20. The fourth-order valence-corrected chi connectivity index (χ4v) is 2.08. The second-order valence-corrected chi connectivity index (χ2v) is 5.14. The van der Waals surface area contributed by atoms with E-state index >= 15 is 0 Å². The number of aliphatic carboxylic acids is 1. The summed E-state index contributed by atoms with van der Waals surface area (Å²) in [7, 11) is 0. The first-order chi connectivity index (χ1) is 8.08. The number of hydrogen-bond donors (Lipinski definition) is 1. The number of aromatic nitrogens is 4. The Hall–Kier alpha value is -1.46. The van der Waals surface area contributed by atoms with Crippen LogP contribution in [-0.2, 0) is 11.2 Å². The zero-order valence-corrected chi connectivity index (χ0v) is 10.2. The Morgan fingerprint density at radius 3 is 2.76 bits per heavy atom. The monoisotopic (exact) mass is 238 g/mol. The predicted molar refractivity (Wildman–Crippen MR) is 60.4 cm³/mol. The molecule has 0 spiro atoms. The molecule has 1 N–H and O–H groups in total. The lowest BCUT2D eigenvalue weighted by molar-refractivity contribution is -0.138. The van der Waals surface area contributed by atoms with Gasteiger partial charge in [-0.1, -0.05) is 13.8 Å². The van der Waals surface area contributed by atoms with Crippen molar-refractivity contribution in [3.05, 3.63) is 5.82 Å². The fraction of sp³-hybridized carbons (Fsp3) is 0.818. The van der Waals surface area contributed by atoms with Crippen molar-refractivity contribution in [2.45, 2.75) is 45.6 Å². The topological polar surface area (TPSA) is 80.9 Å². The molecular weight excluding hydrogens is 220 g/mol. The first-order valence-corrected chi connectivity index (χ1v) is 6.06. The minimum absolute atomic E-state index is 0.0729. The van der Waals surface area contributed by atoms with Gasteiger partial charge >= 0.3 is 5.97 Å². The summed E-state index contributed by atoms with van der Waals surface area (Å²) in [6.07, 6.45) is 3.06. The zero-order valence-electron chi connectivity index (χ0n) is 10.2. The Balaban J connectivity index is 2.17. The van der Waals surface area contributed by atoms with Crippen LogP contribution >= 0.6 is 0 Å². The number of nitrogens with zero attached hydrogens (tertiary/aromatic N) is 4. The molecule has 1 saturated carbocycles. The summed E-state index contributed by atoms with van der Waals surface area (Å²) in [5.41, 5.74) is 0. The van der Waals surface area contributed by atoms with Crippen LogP contribution < -0.4 is 0 Å². The smallest absolute Gasteiger partial charge is 0.305 e. The van der Waals surface area contributed by atoms with Gasteiger partial charge in [-0.05, 0) is 35.1 Å². The van der Waals surface area contributed by atoms with Crippen LogP contribution in [0.3, 0.4) is 0 Å². The summed E-state index contributed by atoms with van der Waals surface area (Å²) < 4.78 is 1.73. The Morgan fingerprint density at radius 1 is 1.53 bits per heavy atom. The molecule has 1 aromatic rings. The zero-order chi connectivity index (χ0) is 12.4. The number of carbonyl (C=O) groups is 1. The van der Waals surface area contributed by atoms with Gasteiger partial charge in [0.15, 0.2) is 5.82 Å². The molecule has 1 aliphatic rings. The van der Waals surface area contributed by atoms with Crippen molar-refractivity contribution in [1.29, 1.82) is 0 Å². The Morgan fingerprint density at radius 2 is 2.24 bits per heavy atom. The molecule has 0 aromatic carbocycles. The van der Waals surface area contributed by atoms with Gasteiger partial charge in [-0.2, -0.15) is 0 Å². The average molecular weight is 238 g/mol. The van der Waals surface area contributed by atoms with Crippen LogP contribution in [0.2, 0.25) is 0 Å². The van der Waals surface area contributed by atoms with E-state index in [0.29, 0.717) is 11.8 Å². The summed E-state index contributed by atoms with van der Waals surface area (Å²) >= 11 is 0. The van der Waals surface area contributed by atoms with E-state index in [4.69, 9.17) is 5.11 Å². The maximum Gasteiger partial charge on any atom is 0.305 e. The van der Waals surface area contributed by atoms with E-state index in [2.05, 4.69) is 29.4 Å². The van der Waals surface area contributed by atoms with Gasteiger partial charge < -0.3 is 5.11 Å². The average Bonchev–Trinajstić information content (AvgIpc) is 2.96. The molecule has 1 heterocycles. The van der Waals surface area contributed by atoms with Crippen LogP contribution in [0.4, 0.5) is 0 Å². The third kappa shape index (κ3) is 3.01. The second kappa shape index (κ2) is 4.81. The van der Waals surface area contributed by atoms with E-state index in [1.165, 1.54) is 0 Å². The summed E-state index contributed by atoms with van der Waals surface area (Å²) in [6, 6.07) is -0.0729. The molecule has 0 amide bonds. The van der Waals surface area contributed by atoms with Gasteiger partial charge in [0.05, 0.1) is 12.5 Å². The summed E-state index contributed by atoms with van der Waals surface area (Å²) in [4.78, 5) is 10.9. The Labute approximate surface area is 100 Å². The van der Waals surface area contributed by atoms with E-state index in [-0.39, 0.29) is 12.5 Å². The molecule has 0 bridgehead atoms. The van der Waals surface area contributed by atoms with Gasteiger partial charge in [0, 0.05) is 6.42 Å². The van der Waals surface area contributed by atoms with E-state index in [1.807, 2.05) is 0 Å². The van der Waals surface area contributed by atoms with Gasteiger partial charge in [-0.3, -0.25) is 4.79 Å². The normalized spacial score (nSPS) is 17.4. The molecule has 0 radical (unpaired) electrons. The number of carboxylic acids is 1. The minimum atomic E-state index is -0.784. The molecule has 1 fully saturated rings. The largest absolute Gasteiger partial charge is 0.481 e. The van der Waals surface area contributed by atoms with Gasteiger partial charge in [0.1, 0.15) is 0 Å². The summed E-state index contributed by atoms with van der Waals surface area (Å²) in [5, 5.41) is 20.6. The van der Waals surface area contributed by atoms with Crippen molar-refractivity contribution >= 4 is 5.97 Å². The van der Waals surface area contributed by atoms with Crippen molar-refractivity contribution < 1.29 is 9.90 Å². The highest BCUT2D eigenvalue weighted by atomic mass is 16.4. The van der Waals surface area contributed by atoms with Gasteiger partial charge in [0.25, 0.3) is 0 Å². The van der Waals surface area contributed by atoms with E-state index in [0.717, 1.165) is 25.1 Å². The summed E-state index contributed by atoms with van der Waals surface area (Å²) in [5.74, 6) is 0.913. The molecule has 17 heavy (non-hydrogen) atoms. The fourth-order valence-electron chi connectivity index (χ4n) is 2.08. The molecule has 6 heteroatoms. The van der Waals surface area contributed by atoms with E-state index < -0.39 is 5.97 Å². The van der Waals surface area contributed by atoms with E-state index in [1.54, 1.807) is 4.68 Å². The number of carboxylic acid groups (broad SMARTS) is 1. The van der Waals surface area contributed by atoms with Crippen molar-refractivity contribution in [3.63, 3.8) is 0 Å². The molecule has 0 aliphatic heterocycles. The first-order valence-electron chi connectivity index (χ1n) is 6.06. The van der Waals surface area contributed by atoms with E-state index in [9.17, 15) is 4.79 Å². The molecular formula is C11H18N4O2. The minimum Gasteiger partial charge on any atom is -0.481 e. The van der Waals surface area contributed by atoms with Crippen molar-refractivity contribution in [3.8, 4) is 0 Å². The van der Waals surface area contributed by atoms with Crippen LogP contribution in [-0.4, -0.2) is 31.3 Å². The van der Waals surface area contributed by atoms with Gasteiger partial charge in [-0.15, -0.1) is 5.10 Å². The Bertz CT molecular complexity index is 398. The molecule has 2 rings (SSSR count). The van der Waals surface area contributed by atoms with Crippen LogP contribution in [0.25, 0.3) is 0 Å². The second-order valence-electron chi connectivity index (χ2n) is 5.14. The van der Waals surface area contributed by atoms with Crippen molar-refractivity contribution in [2.24, 2.45) is 11.8 Å². The third-order valence-electron chi connectivity index (χ3n) is 3.02. The lowest BCUT2D eigenvalue weighted by Gasteiger charge is -2.16. The molecule has 1 aromatic heterocycles. The quantitative estimate of drug-likeness (QED) is 0.807. The lowest BCUT2D eigenvalue weighted by Crippen LogP contribution is -2.20. The SMILES string of the molecule is CC(C)Cc1nnnn1C(CC(=O)O)C1CC1. The van der Waals surface area contributed by atoms with Crippen molar-refractivity contribution in [1.82, 2.24) is 20.2 Å². The third-order valence-corrected chi connectivity index (χ3v) is 3.02. The van der Waals surface area contributed by atoms with Crippen molar-refractivity contribution in [2.75, 3.05) is 0 Å². The highest BCUT2D eigenvalue weighted by molar-refractivity contribution is 5.67. The molecule has 1 atom stereocenters. The number of tetrazole rings is 1. The maximum atomic E-state index is 10.9. The van der Waals surface area contributed by atoms with Gasteiger partial charge in [0.2, 0.25) is 0 Å². The number of rotatable bonds is 6. The van der Waals surface area contributed by atoms with Crippen LogP contribution in [0.15, 0.2) is 0 Å². The highest BCUT2D eigenvalue weighted by Gasteiger charge is 2.36. The standard InChI is InChI=1S/C11H18N4O2/c1-7(2)5-10-12-13-14-15(10)9(6-11(16)17)8-3-4-8/h7-9H,3-6H2,1-2H3,(H,16,17). The lowest BCUT2D eigenvalue weighted by atomic mass is 10.1. The molecule has 6 nitrogen and oxygen atoms in total. The van der Waals surface area contributed by atoms with Crippen LogP contribution in [0.1, 0.15) is 45.0 Å². The highest BCUT2D eigenvalue weighted by Crippen LogP contribution is 2.41. The number of hydrogen-bond acceptors (Lipinski definition) is 4. The molecule has 0 saturated heterocycles. The maximum absolute atomic E-state index is 10.9. The molecule has 1 unspecified atom stereocenters. The predicted octanol–water partition coefficient (Wildman–Crippen LogP) is 1.30. The van der Waals surface area contributed by atoms with Crippen LogP contribution in [0, 0.1) is 11.8 Å².